The SMILES string of the molecule is COc1ccc(C)cc1N[C@H]1CCSC1. The normalized spacial score (nSPS) is 20.3. The van der Waals surface area contributed by atoms with E-state index in [0.29, 0.717) is 6.04 Å². The molecule has 3 heteroatoms. The Morgan fingerprint density at radius 1 is 1.47 bits per heavy atom. The maximum absolute atomic E-state index is 5.34. The van der Waals surface area contributed by atoms with Gasteiger partial charge in [0.2, 0.25) is 0 Å². The molecule has 82 valence electrons. The fraction of sp³-hybridized carbons (Fsp3) is 0.500. The van der Waals surface area contributed by atoms with Crippen molar-refractivity contribution >= 4 is 17.4 Å². The van der Waals surface area contributed by atoms with Crippen molar-refractivity contribution in [3.05, 3.63) is 23.8 Å². The maximum atomic E-state index is 5.34. The van der Waals surface area contributed by atoms with E-state index in [0.717, 1.165) is 11.4 Å². The first kappa shape index (κ1) is 10.7. The zero-order valence-corrected chi connectivity index (χ0v) is 10.1. The summed E-state index contributed by atoms with van der Waals surface area (Å²) in [7, 11) is 1.72. The minimum atomic E-state index is 0.602. The average Bonchev–Trinajstić information content (AvgIpc) is 2.71. The van der Waals surface area contributed by atoms with Crippen LogP contribution in [0.2, 0.25) is 0 Å². The molecule has 1 aromatic carbocycles. The Hall–Kier alpha value is -0.830. The highest BCUT2D eigenvalue weighted by Crippen LogP contribution is 2.28. The number of methoxy groups -OCH3 is 1. The van der Waals surface area contributed by atoms with Crippen molar-refractivity contribution in [3.8, 4) is 5.75 Å². The molecule has 1 aromatic rings. The van der Waals surface area contributed by atoms with Crippen LogP contribution in [0, 0.1) is 6.92 Å². The Balaban J connectivity index is 2.14. The molecule has 1 fully saturated rings. The molecule has 1 N–H and O–H groups in total. The van der Waals surface area contributed by atoms with E-state index in [4.69, 9.17) is 4.74 Å². The Kier molecular flexibility index (Phi) is 3.41. The lowest BCUT2D eigenvalue weighted by molar-refractivity contribution is 0.416. The fourth-order valence-electron chi connectivity index (χ4n) is 1.80. The Bertz CT molecular complexity index is 334. The molecule has 0 amide bonds. The summed E-state index contributed by atoms with van der Waals surface area (Å²) in [5.41, 5.74) is 2.40. The summed E-state index contributed by atoms with van der Waals surface area (Å²) in [4.78, 5) is 0. The third kappa shape index (κ3) is 2.59. The third-order valence-electron chi connectivity index (χ3n) is 2.64. The highest BCUT2D eigenvalue weighted by atomic mass is 32.2. The number of rotatable bonds is 3. The van der Waals surface area contributed by atoms with E-state index in [1.807, 2.05) is 17.8 Å². The monoisotopic (exact) mass is 223 g/mol. The second-order valence-electron chi connectivity index (χ2n) is 3.91. The van der Waals surface area contributed by atoms with Crippen LogP contribution >= 0.6 is 11.8 Å². The summed E-state index contributed by atoms with van der Waals surface area (Å²) in [5.74, 6) is 3.42. The second-order valence-corrected chi connectivity index (χ2v) is 5.06. The number of benzene rings is 1. The molecule has 0 bridgehead atoms. The highest BCUT2D eigenvalue weighted by molar-refractivity contribution is 7.99. The molecule has 1 atom stereocenters. The van der Waals surface area contributed by atoms with Crippen molar-refractivity contribution in [3.63, 3.8) is 0 Å². The van der Waals surface area contributed by atoms with Crippen LogP contribution in [0.5, 0.6) is 5.75 Å². The first-order chi connectivity index (χ1) is 7.29. The average molecular weight is 223 g/mol. The zero-order chi connectivity index (χ0) is 10.7. The lowest BCUT2D eigenvalue weighted by Crippen LogP contribution is -2.18. The summed E-state index contributed by atoms with van der Waals surface area (Å²) in [6, 6.07) is 6.86. The van der Waals surface area contributed by atoms with E-state index in [-0.39, 0.29) is 0 Å². The summed E-state index contributed by atoms with van der Waals surface area (Å²) in [6.45, 7) is 2.11. The van der Waals surface area contributed by atoms with Gasteiger partial charge in [-0.1, -0.05) is 6.07 Å². The maximum Gasteiger partial charge on any atom is 0.141 e. The van der Waals surface area contributed by atoms with E-state index >= 15 is 0 Å². The standard InChI is InChI=1S/C12H17NOS/c1-9-3-4-12(14-2)11(7-9)13-10-5-6-15-8-10/h3-4,7,10,13H,5-6,8H2,1-2H3/t10-/m0/s1. The molecular weight excluding hydrogens is 206 g/mol. The van der Waals surface area contributed by atoms with Crippen LogP contribution in [-0.4, -0.2) is 24.7 Å². The molecule has 0 aliphatic carbocycles. The minimum Gasteiger partial charge on any atom is -0.495 e. The molecular formula is C12H17NOS. The van der Waals surface area contributed by atoms with Crippen molar-refractivity contribution < 1.29 is 4.74 Å². The molecule has 0 aromatic heterocycles. The Labute approximate surface area is 95.4 Å². The Morgan fingerprint density at radius 3 is 3.00 bits per heavy atom. The van der Waals surface area contributed by atoms with Crippen molar-refractivity contribution in [2.45, 2.75) is 19.4 Å². The van der Waals surface area contributed by atoms with Crippen LogP contribution < -0.4 is 10.1 Å². The summed E-state index contributed by atoms with van der Waals surface area (Å²) in [5, 5.41) is 3.56. The topological polar surface area (TPSA) is 21.3 Å². The molecule has 2 rings (SSSR count). The first-order valence-corrected chi connectivity index (χ1v) is 6.44. The van der Waals surface area contributed by atoms with Gasteiger partial charge in [0.1, 0.15) is 5.75 Å². The van der Waals surface area contributed by atoms with Crippen LogP contribution in [0.1, 0.15) is 12.0 Å². The molecule has 0 saturated carbocycles. The van der Waals surface area contributed by atoms with E-state index in [1.165, 1.54) is 23.5 Å². The van der Waals surface area contributed by atoms with Gasteiger partial charge >= 0.3 is 0 Å². The van der Waals surface area contributed by atoms with Crippen LogP contribution in [0.4, 0.5) is 5.69 Å². The van der Waals surface area contributed by atoms with Gasteiger partial charge in [-0.25, -0.2) is 0 Å². The molecule has 0 spiro atoms. The van der Waals surface area contributed by atoms with Crippen LogP contribution in [-0.2, 0) is 0 Å². The number of nitrogens with one attached hydrogen (secondary N) is 1. The third-order valence-corrected chi connectivity index (χ3v) is 3.81. The largest absolute Gasteiger partial charge is 0.495 e. The lowest BCUT2D eigenvalue weighted by Gasteiger charge is -2.16. The lowest BCUT2D eigenvalue weighted by atomic mass is 10.2. The van der Waals surface area contributed by atoms with Gasteiger partial charge in [-0.3, -0.25) is 0 Å². The quantitative estimate of drug-likeness (QED) is 0.851. The van der Waals surface area contributed by atoms with E-state index in [2.05, 4.69) is 24.4 Å². The molecule has 15 heavy (non-hydrogen) atoms. The number of thioether (sulfide) groups is 1. The molecule has 0 radical (unpaired) electrons. The van der Waals surface area contributed by atoms with Gasteiger partial charge in [0, 0.05) is 11.8 Å². The molecule has 2 nitrogen and oxygen atoms in total. The second kappa shape index (κ2) is 4.79. The minimum absolute atomic E-state index is 0.602. The number of hydrogen-bond donors (Lipinski definition) is 1. The number of anilines is 1. The van der Waals surface area contributed by atoms with Gasteiger partial charge in [0.05, 0.1) is 12.8 Å². The van der Waals surface area contributed by atoms with E-state index in [1.54, 1.807) is 7.11 Å². The zero-order valence-electron chi connectivity index (χ0n) is 9.25. The van der Waals surface area contributed by atoms with Crippen molar-refractivity contribution in [2.24, 2.45) is 0 Å². The molecule has 1 saturated heterocycles. The Morgan fingerprint density at radius 2 is 2.33 bits per heavy atom. The van der Waals surface area contributed by atoms with Crippen LogP contribution in [0.3, 0.4) is 0 Å². The molecule has 1 aliphatic rings. The molecule has 0 unspecified atom stereocenters. The first-order valence-electron chi connectivity index (χ1n) is 5.28. The van der Waals surface area contributed by atoms with Gasteiger partial charge in [-0.2, -0.15) is 11.8 Å². The van der Waals surface area contributed by atoms with Gasteiger partial charge in [0.15, 0.2) is 0 Å². The van der Waals surface area contributed by atoms with Crippen molar-refractivity contribution in [2.75, 3.05) is 23.9 Å². The van der Waals surface area contributed by atoms with Crippen molar-refractivity contribution in [1.29, 1.82) is 0 Å². The van der Waals surface area contributed by atoms with Gasteiger partial charge in [0.25, 0.3) is 0 Å². The van der Waals surface area contributed by atoms with E-state index < -0.39 is 0 Å². The number of aryl methyl sites for hydroxylation is 1. The predicted molar refractivity (Wildman–Crippen MR) is 67.1 cm³/mol. The summed E-state index contributed by atoms with van der Waals surface area (Å²) < 4.78 is 5.34. The van der Waals surface area contributed by atoms with Crippen LogP contribution in [0.25, 0.3) is 0 Å². The van der Waals surface area contributed by atoms with Gasteiger partial charge < -0.3 is 10.1 Å². The fourth-order valence-corrected chi connectivity index (χ4v) is 2.96. The van der Waals surface area contributed by atoms with Crippen LogP contribution in [0.15, 0.2) is 18.2 Å². The molecule has 1 heterocycles. The highest BCUT2D eigenvalue weighted by Gasteiger charge is 2.16. The summed E-state index contributed by atoms with van der Waals surface area (Å²) >= 11 is 2.02. The number of ether oxygens (including phenoxy) is 1. The number of hydrogen-bond acceptors (Lipinski definition) is 3. The summed E-state index contributed by atoms with van der Waals surface area (Å²) in [6.07, 6.45) is 1.25. The predicted octanol–water partition coefficient (Wildman–Crippen LogP) is 2.92. The van der Waals surface area contributed by atoms with E-state index in [9.17, 15) is 0 Å². The van der Waals surface area contributed by atoms with Crippen molar-refractivity contribution in [1.82, 2.24) is 0 Å². The van der Waals surface area contributed by atoms with Gasteiger partial charge in [-0.05, 0) is 36.8 Å². The molecule has 1 aliphatic heterocycles. The van der Waals surface area contributed by atoms with Gasteiger partial charge in [-0.15, -0.1) is 0 Å². The smallest absolute Gasteiger partial charge is 0.141 e.